The first-order chi connectivity index (χ1) is 8.20. The van der Waals surface area contributed by atoms with E-state index in [9.17, 15) is 9.59 Å². The van der Waals surface area contributed by atoms with Gasteiger partial charge in [-0.25, -0.2) is 0 Å². The van der Waals surface area contributed by atoms with Crippen molar-refractivity contribution in [1.82, 2.24) is 5.32 Å². The number of Topliss-reactive ketones (excluding diaryl/α,β-unsaturated/α-hetero) is 1. The third-order valence-electron chi connectivity index (χ3n) is 3.74. The van der Waals surface area contributed by atoms with Crippen LogP contribution in [-0.2, 0) is 9.59 Å². The van der Waals surface area contributed by atoms with Gasteiger partial charge in [0.05, 0.1) is 5.92 Å². The van der Waals surface area contributed by atoms with Crippen LogP contribution in [0.1, 0.15) is 44.9 Å². The van der Waals surface area contributed by atoms with E-state index in [0.29, 0.717) is 6.42 Å². The van der Waals surface area contributed by atoms with E-state index in [2.05, 4.69) is 11.2 Å². The molecule has 17 heavy (non-hydrogen) atoms. The zero-order chi connectivity index (χ0) is 12.3. The van der Waals surface area contributed by atoms with Gasteiger partial charge in [-0.3, -0.25) is 9.59 Å². The highest BCUT2D eigenvalue weighted by atomic mass is 16.2. The average Bonchev–Trinajstić information content (AvgIpc) is 3.07. The molecule has 0 bridgehead atoms. The van der Waals surface area contributed by atoms with Gasteiger partial charge in [-0.05, 0) is 38.0 Å². The minimum absolute atomic E-state index is 0.202. The maximum atomic E-state index is 11.8. The lowest BCUT2D eigenvalue weighted by atomic mass is 9.92. The van der Waals surface area contributed by atoms with E-state index in [1.165, 1.54) is 12.8 Å². The van der Waals surface area contributed by atoms with Gasteiger partial charge in [0.1, 0.15) is 0 Å². The van der Waals surface area contributed by atoms with Crippen molar-refractivity contribution in [2.75, 3.05) is 0 Å². The lowest BCUT2D eigenvalue weighted by molar-refractivity contribution is -0.140. The van der Waals surface area contributed by atoms with Gasteiger partial charge < -0.3 is 5.32 Å². The molecule has 0 spiro atoms. The van der Waals surface area contributed by atoms with Crippen molar-refractivity contribution in [3.8, 4) is 12.3 Å². The van der Waals surface area contributed by atoms with Gasteiger partial charge in [0, 0.05) is 6.04 Å². The summed E-state index contributed by atoms with van der Waals surface area (Å²) in [6.45, 7) is 0. The molecular formula is C14H19NO2. The predicted molar refractivity (Wildman–Crippen MR) is 65.1 cm³/mol. The second-order valence-corrected chi connectivity index (χ2v) is 5.21. The Morgan fingerprint density at radius 1 is 1.29 bits per heavy atom. The molecule has 0 unspecified atom stereocenters. The fraction of sp³-hybridized carbons (Fsp3) is 0.714. The Balaban J connectivity index is 1.77. The van der Waals surface area contributed by atoms with Crippen LogP contribution in [0.25, 0.3) is 0 Å². The van der Waals surface area contributed by atoms with E-state index in [1.54, 1.807) is 0 Å². The van der Waals surface area contributed by atoms with Crippen LogP contribution >= 0.6 is 0 Å². The van der Waals surface area contributed by atoms with Crippen molar-refractivity contribution >= 4 is 11.7 Å². The third-order valence-corrected chi connectivity index (χ3v) is 3.74. The molecule has 0 aromatic heterocycles. The van der Waals surface area contributed by atoms with E-state index in [-0.39, 0.29) is 6.04 Å². The Morgan fingerprint density at radius 2 is 2.00 bits per heavy atom. The van der Waals surface area contributed by atoms with E-state index >= 15 is 0 Å². The quantitative estimate of drug-likeness (QED) is 0.560. The van der Waals surface area contributed by atoms with Crippen molar-refractivity contribution in [2.24, 2.45) is 11.8 Å². The first kappa shape index (κ1) is 12.2. The highest BCUT2D eigenvalue weighted by Crippen LogP contribution is 2.34. The SMILES string of the molecule is C#C[C@@H](CCC1CC1)C(=O)C(=O)NC1CCC1. The summed E-state index contributed by atoms with van der Waals surface area (Å²) in [5.41, 5.74) is 0. The molecule has 2 aliphatic rings. The van der Waals surface area contributed by atoms with E-state index in [4.69, 9.17) is 6.42 Å². The normalized spacial score (nSPS) is 21.1. The van der Waals surface area contributed by atoms with Crippen LogP contribution in [0, 0.1) is 24.2 Å². The number of hydrogen-bond acceptors (Lipinski definition) is 2. The molecule has 0 heterocycles. The molecule has 0 saturated heterocycles. The summed E-state index contributed by atoms with van der Waals surface area (Å²) in [7, 11) is 0. The van der Waals surface area contributed by atoms with Crippen molar-refractivity contribution in [2.45, 2.75) is 51.0 Å². The molecular weight excluding hydrogens is 214 g/mol. The number of terminal acetylenes is 1. The lowest BCUT2D eigenvalue weighted by Gasteiger charge is -2.26. The molecule has 0 aromatic rings. The zero-order valence-electron chi connectivity index (χ0n) is 10.1. The van der Waals surface area contributed by atoms with Crippen LogP contribution in [0.2, 0.25) is 0 Å². The highest BCUT2D eigenvalue weighted by Gasteiger charge is 2.29. The fourth-order valence-corrected chi connectivity index (χ4v) is 2.07. The summed E-state index contributed by atoms with van der Waals surface area (Å²) < 4.78 is 0. The molecule has 2 aliphatic carbocycles. The van der Waals surface area contributed by atoms with Crippen LogP contribution < -0.4 is 5.32 Å². The monoisotopic (exact) mass is 233 g/mol. The summed E-state index contributed by atoms with van der Waals surface area (Å²) in [5.74, 6) is 1.80. The summed E-state index contributed by atoms with van der Waals surface area (Å²) in [5, 5.41) is 2.75. The van der Waals surface area contributed by atoms with E-state index in [1.807, 2.05) is 0 Å². The third kappa shape index (κ3) is 3.33. The Kier molecular flexibility index (Phi) is 3.83. The molecule has 2 fully saturated rings. The highest BCUT2D eigenvalue weighted by molar-refractivity contribution is 6.37. The molecule has 2 saturated carbocycles. The standard InChI is InChI=1S/C14H19NO2/c1-2-11(9-8-10-6-7-10)13(16)14(17)15-12-4-3-5-12/h1,10-12H,3-9H2,(H,15,17)/t11-/m0/s1. The summed E-state index contributed by atoms with van der Waals surface area (Å²) >= 11 is 0. The second-order valence-electron chi connectivity index (χ2n) is 5.21. The van der Waals surface area contributed by atoms with Crippen molar-refractivity contribution in [1.29, 1.82) is 0 Å². The van der Waals surface area contributed by atoms with Crippen LogP contribution in [0.5, 0.6) is 0 Å². The van der Waals surface area contributed by atoms with Gasteiger partial charge in [-0.15, -0.1) is 6.42 Å². The van der Waals surface area contributed by atoms with Gasteiger partial charge in [0.25, 0.3) is 5.91 Å². The largest absolute Gasteiger partial charge is 0.347 e. The fourth-order valence-electron chi connectivity index (χ4n) is 2.07. The van der Waals surface area contributed by atoms with Gasteiger partial charge >= 0.3 is 0 Å². The zero-order valence-corrected chi connectivity index (χ0v) is 10.1. The van der Waals surface area contributed by atoms with Gasteiger partial charge in [-0.2, -0.15) is 0 Å². The van der Waals surface area contributed by atoms with Crippen LogP contribution in [-0.4, -0.2) is 17.7 Å². The summed E-state index contributed by atoms with van der Waals surface area (Å²) in [6, 6.07) is 0.202. The number of carbonyl (C=O) groups excluding carboxylic acids is 2. The Labute approximate surface area is 102 Å². The lowest BCUT2D eigenvalue weighted by Crippen LogP contribution is -2.44. The Bertz CT molecular complexity index is 348. The molecule has 1 atom stereocenters. The maximum absolute atomic E-state index is 11.8. The predicted octanol–water partition coefficient (Wildman–Crippen LogP) is 1.66. The second kappa shape index (κ2) is 5.35. The number of carbonyl (C=O) groups is 2. The number of hydrogen-bond donors (Lipinski definition) is 1. The molecule has 1 N–H and O–H groups in total. The molecule has 2 rings (SSSR count). The molecule has 3 nitrogen and oxygen atoms in total. The number of ketones is 1. The average molecular weight is 233 g/mol. The van der Waals surface area contributed by atoms with Gasteiger partial charge in [0.2, 0.25) is 5.78 Å². The number of nitrogens with one attached hydrogen (secondary N) is 1. The molecule has 0 radical (unpaired) electrons. The van der Waals surface area contributed by atoms with Crippen molar-refractivity contribution in [3.63, 3.8) is 0 Å². The molecule has 0 aromatic carbocycles. The van der Waals surface area contributed by atoms with Crippen LogP contribution in [0.4, 0.5) is 0 Å². The summed E-state index contributed by atoms with van der Waals surface area (Å²) in [6.07, 6.45) is 12.6. The van der Waals surface area contributed by atoms with E-state index in [0.717, 1.165) is 31.6 Å². The number of rotatable bonds is 6. The smallest absolute Gasteiger partial charge is 0.288 e. The van der Waals surface area contributed by atoms with Crippen molar-refractivity contribution < 1.29 is 9.59 Å². The molecule has 1 amide bonds. The van der Waals surface area contributed by atoms with Gasteiger partial charge in [0.15, 0.2) is 0 Å². The van der Waals surface area contributed by atoms with Crippen LogP contribution in [0.3, 0.4) is 0 Å². The topological polar surface area (TPSA) is 46.2 Å². The van der Waals surface area contributed by atoms with E-state index < -0.39 is 17.6 Å². The van der Waals surface area contributed by atoms with Gasteiger partial charge in [-0.1, -0.05) is 18.8 Å². The summed E-state index contributed by atoms with van der Waals surface area (Å²) in [4.78, 5) is 23.5. The molecule has 3 heteroatoms. The Hall–Kier alpha value is -1.30. The first-order valence-corrected chi connectivity index (χ1v) is 6.51. The maximum Gasteiger partial charge on any atom is 0.288 e. The van der Waals surface area contributed by atoms with Crippen molar-refractivity contribution in [3.05, 3.63) is 0 Å². The molecule has 92 valence electrons. The minimum Gasteiger partial charge on any atom is -0.347 e. The first-order valence-electron chi connectivity index (χ1n) is 6.51. The minimum atomic E-state index is -0.518. The van der Waals surface area contributed by atoms with Crippen LogP contribution in [0.15, 0.2) is 0 Å². The molecule has 0 aliphatic heterocycles. The Morgan fingerprint density at radius 3 is 2.47 bits per heavy atom. The number of amides is 1.